The fourth-order valence-electron chi connectivity index (χ4n) is 3.92. The molecule has 0 saturated carbocycles. The minimum absolute atomic E-state index is 0.0824. The van der Waals surface area contributed by atoms with Crippen LogP contribution in [0.3, 0.4) is 0 Å². The molecule has 0 N–H and O–H groups in total. The summed E-state index contributed by atoms with van der Waals surface area (Å²) in [6.45, 7) is 1.43. The van der Waals surface area contributed by atoms with Crippen LogP contribution in [-0.2, 0) is 10.9 Å². The highest BCUT2D eigenvalue weighted by molar-refractivity contribution is 5.99. The molecule has 0 radical (unpaired) electrons. The van der Waals surface area contributed by atoms with Crippen LogP contribution >= 0.6 is 0 Å². The molecule has 0 atom stereocenters. The van der Waals surface area contributed by atoms with Crippen molar-refractivity contribution in [2.45, 2.75) is 13.1 Å². The van der Waals surface area contributed by atoms with Gasteiger partial charge in [-0.3, -0.25) is 0 Å². The maximum Gasteiger partial charge on any atom is 0.434 e. The predicted molar refractivity (Wildman–Crippen MR) is 127 cm³/mol. The van der Waals surface area contributed by atoms with Gasteiger partial charge in [0.25, 0.3) is 0 Å². The largest absolute Gasteiger partial charge is 0.497 e. The van der Waals surface area contributed by atoms with Gasteiger partial charge in [0.05, 0.1) is 36.1 Å². The van der Waals surface area contributed by atoms with E-state index < -0.39 is 23.4 Å². The fraction of sp³-hybridized carbons (Fsp3) is 0.154. The zero-order chi connectivity index (χ0) is 25.4. The van der Waals surface area contributed by atoms with Crippen LogP contribution in [0.15, 0.2) is 66.7 Å². The van der Waals surface area contributed by atoms with Crippen LogP contribution < -0.4 is 4.74 Å². The molecule has 5 aromatic rings. The zero-order valence-corrected chi connectivity index (χ0v) is 19.2. The van der Waals surface area contributed by atoms with Crippen molar-refractivity contribution in [2.24, 2.45) is 0 Å². The number of nitrogens with zero attached hydrogens (tertiary/aromatic N) is 4. The summed E-state index contributed by atoms with van der Waals surface area (Å²) in [5.74, 6) is -0.471. The molecule has 0 aliphatic carbocycles. The lowest BCUT2D eigenvalue weighted by Gasteiger charge is -2.11. The quantitative estimate of drug-likeness (QED) is 0.288. The number of fused-ring (bicyclic) bond motifs is 3. The first-order valence-corrected chi connectivity index (χ1v) is 11.0. The van der Waals surface area contributed by atoms with Gasteiger partial charge in [0.15, 0.2) is 17.0 Å². The normalized spacial score (nSPS) is 11.7. The van der Waals surface area contributed by atoms with E-state index in [1.807, 2.05) is 42.5 Å². The molecule has 5 rings (SSSR count). The van der Waals surface area contributed by atoms with E-state index in [9.17, 15) is 18.0 Å². The average molecular weight is 492 g/mol. The first-order chi connectivity index (χ1) is 17.3. The van der Waals surface area contributed by atoms with E-state index in [0.717, 1.165) is 17.2 Å². The summed E-state index contributed by atoms with van der Waals surface area (Å²) in [5.41, 5.74) is 0.700. The molecule has 0 bridgehead atoms. The fourth-order valence-corrected chi connectivity index (χ4v) is 3.92. The lowest BCUT2D eigenvalue weighted by atomic mass is 10.1. The number of hydrogen-bond donors (Lipinski definition) is 0. The summed E-state index contributed by atoms with van der Waals surface area (Å²) in [7, 11) is 1.55. The number of rotatable bonds is 5. The number of carbonyl (C=O) groups excluding carboxylic acids is 1. The molecule has 3 aromatic heterocycles. The third-order valence-electron chi connectivity index (χ3n) is 5.59. The van der Waals surface area contributed by atoms with E-state index in [0.29, 0.717) is 17.1 Å². The number of esters is 1. The molecule has 0 aliphatic rings. The molecule has 2 aromatic carbocycles. The Morgan fingerprint density at radius 1 is 0.972 bits per heavy atom. The van der Waals surface area contributed by atoms with E-state index in [2.05, 4.69) is 10.1 Å². The third-order valence-corrected chi connectivity index (χ3v) is 5.59. The van der Waals surface area contributed by atoms with Crippen molar-refractivity contribution in [1.29, 1.82) is 0 Å². The summed E-state index contributed by atoms with van der Waals surface area (Å²) in [6, 6.07) is 19.4. The number of hydrogen-bond acceptors (Lipinski definition) is 6. The van der Waals surface area contributed by atoms with E-state index in [4.69, 9.17) is 14.5 Å². The summed E-state index contributed by atoms with van der Waals surface area (Å²) < 4.78 is 52.9. The highest BCUT2D eigenvalue weighted by atomic mass is 19.4. The third kappa shape index (κ3) is 4.10. The SMILES string of the molecule is CCOC(=O)c1cc2c(nc1C(F)(F)F)nn1c(-c3ccc(OC)cc3)cc(-c3ccccc3)nc21. The van der Waals surface area contributed by atoms with Crippen molar-refractivity contribution in [3.05, 3.63) is 78.0 Å². The van der Waals surface area contributed by atoms with Gasteiger partial charge in [0, 0.05) is 11.1 Å². The number of ether oxygens (including phenoxy) is 2. The molecule has 0 amide bonds. The molecule has 36 heavy (non-hydrogen) atoms. The zero-order valence-electron chi connectivity index (χ0n) is 19.2. The Labute approximate surface area is 203 Å². The van der Waals surface area contributed by atoms with Gasteiger partial charge in [-0.15, -0.1) is 5.10 Å². The molecule has 0 aliphatic heterocycles. The first-order valence-electron chi connectivity index (χ1n) is 11.0. The molecular weight excluding hydrogens is 473 g/mol. The van der Waals surface area contributed by atoms with Crippen LogP contribution in [-0.4, -0.2) is 39.3 Å². The van der Waals surface area contributed by atoms with Gasteiger partial charge in [-0.05, 0) is 43.3 Å². The van der Waals surface area contributed by atoms with Gasteiger partial charge in [0.1, 0.15) is 5.75 Å². The Bertz CT molecular complexity index is 1580. The summed E-state index contributed by atoms with van der Waals surface area (Å²) in [6.07, 6.45) is -4.88. The summed E-state index contributed by atoms with van der Waals surface area (Å²) in [5, 5.41) is 4.54. The van der Waals surface area contributed by atoms with Crippen molar-refractivity contribution < 1.29 is 27.4 Å². The maximum absolute atomic E-state index is 13.8. The molecule has 0 saturated heterocycles. The smallest absolute Gasteiger partial charge is 0.434 e. The van der Waals surface area contributed by atoms with Crippen LogP contribution in [0.2, 0.25) is 0 Å². The van der Waals surface area contributed by atoms with Gasteiger partial charge in [0.2, 0.25) is 0 Å². The Morgan fingerprint density at radius 3 is 2.33 bits per heavy atom. The second-order valence-corrected chi connectivity index (χ2v) is 7.83. The minimum atomic E-state index is -4.88. The van der Waals surface area contributed by atoms with Crippen molar-refractivity contribution in [2.75, 3.05) is 13.7 Å². The number of halogens is 3. The van der Waals surface area contributed by atoms with Crippen molar-refractivity contribution in [3.8, 4) is 28.3 Å². The van der Waals surface area contributed by atoms with Crippen LogP contribution in [0.1, 0.15) is 23.0 Å². The average Bonchev–Trinajstić information content (AvgIpc) is 3.25. The standard InChI is InChI=1S/C26H19F3N4O3/c1-3-36-25(34)18-13-19-23(31-22(18)26(27,28)29)32-33-21(16-9-11-17(35-2)12-10-16)14-20(30-24(19)33)15-7-5-4-6-8-15/h4-14H,3H2,1-2H3. The second-order valence-electron chi connectivity index (χ2n) is 7.83. The minimum Gasteiger partial charge on any atom is -0.497 e. The summed E-state index contributed by atoms with van der Waals surface area (Å²) in [4.78, 5) is 20.9. The molecular formula is C26H19F3N4O3. The highest BCUT2D eigenvalue weighted by Crippen LogP contribution is 2.35. The number of benzene rings is 2. The van der Waals surface area contributed by atoms with Crippen LogP contribution in [0.4, 0.5) is 13.2 Å². The molecule has 10 heteroatoms. The number of aromatic nitrogens is 4. The monoisotopic (exact) mass is 492 g/mol. The van der Waals surface area contributed by atoms with Gasteiger partial charge >= 0.3 is 12.1 Å². The van der Waals surface area contributed by atoms with Gasteiger partial charge < -0.3 is 9.47 Å². The molecule has 0 unspecified atom stereocenters. The van der Waals surface area contributed by atoms with Gasteiger partial charge in [-0.2, -0.15) is 13.2 Å². The second kappa shape index (κ2) is 8.95. The predicted octanol–water partition coefficient (Wildman–Crippen LogP) is 5.82. The molecule has 0 fully saturated rings. The van der Waals surface area contributed by atoms with E-state index in [1.54, 1.807) is 25.3 Å². The lowest BCUT2D eigenvalue weighted by molar-refractivity contribution is -0.141. The van der Waals surface area contributed by atoms with Crippen LogP contribution in [0, 0.1) is 0 Å². The number of carbonyl (C=O) groups is 1. The van der Waals surface area contributed by atoms with Crippen LogP contribution in [0.5, 0.6) is 5.75 Å². The van der Waals surface area contributed by atoms with E-state index in [-0.39, 0.29) is 23.3 Å². The Balaban J connectivity index is 1.85. The van der Waals surface area contributed by atoms with Crippen molar-refractivity contribution in [3.63, 3.8) is 0 Å². The topological polar surface area (TPSA) is 78.6 Å². The van der Waals surface area contributed by atoms with E-state index >= 15 is 0 Å². The highest BCUT2D eigenvalue weighted by Gasteiger charge is 2.39. The van der Waals surface area contributed by atoms with Gasteiger partial charge in [-0.1, -0.05) is 30.3 Å². The molecule has 182 valence electrons. The lowest BCUT2D eigenvalue weighted by Crippen LogP contribution is -2.17. The van der Waals surface area contributed by atoms with Gasteiger partial charge in [-0.25, -0.2) is 19.3 Å². The van der Waals surface area contributed by atoms with E-state index in [1.165, 1.54) is 11.4 Å². The number of pyridine rings is 1. The Morgan fingerprint density at radius 2 is 1.69 bits per heavy atom. The Kier molecular flexibility index (Phi) is 5.79. The van der Waals surface area contributed by atoms with Crippen LogP contribution in [0.25, 0.3) is 39.2 Å². The van der Waals surface area contributed by atoms with Crippen molar-refractivity contribution >= 4 is 22.6 Å². The molecule has 0 spiro atoms. The molecule has 7 nitrogen and oxygen atoms in total. The Hall–Kier alpha value is -4.47. The number of methoxy groups -OCH3 is 1. The molecule has 3 heterocycles. The number of alkyl halides is 3. The van der Waals surface area contributed by atoms with Crippen molar-refractivity contribution in [1.82, 2.24) is 19.6 Å². The maximum atomic E-state index is 13.8. The summed E-state index contributed by atoms with van der Waals surface area (Å²) >= 11 is 0. The first kappa shape index (κ1) is 23.3.